The van der Waals surface area contributed by atoms with E-state index in [0.717, 1.165) is 21.8 Å². The summed E-state index contributed by atoms with van der Waals surface area (Å²) < 4.78 is 10.5. The second kappa shape index (κ2) is 9.53. The fourth-order valence-electron chi connectivity index (χ4n) is 2.59. The number of methoxy groups -OCH3 is 1. The number of rotatable bonds is 7. The van der Waals surface area contributed by atoms with Crippen LogP contribution in [0.3, 0.4) is 0 Å². The summed E-state index contributed by atoms with van der Waals surface area (Å²) in [6, 6.07) is 14.7. The maximum Gasteiger partial charge on any atom is 0.248 e. The van der Waals surface area contributed by atoms with Gasteiger partial charge in [-0.05, 0) is 42.8 Å². The van der Waals surface area contributed by atoms with Crippen LogP contribution in [0.5, 0.6) is 11.5 Å². The van der Waals surface area contributed by atoms with Gasteiger partial charge in [-0.2, -0.15) is 5.26 Å². The summed E-state index contributed by atoms with van der Waals surface area (Å²) in [5, 5.41) is 14.5. The molecular weight excluding hydrogens is 386 g/mol. The highest BCUT2D eigenvalue weighted by atomic mass is 32.1. The van der Waals surface area contributed by atoms with Crippen LogP contribution >= 0.6 is 11.3 Å². The van der Waals surface area contributed by atoms with Crippen LogP contribution in [0.25, 0.3) is 17.3 Å². The van der Waals surface area contributed by atoms with Gasteiger partial charge in [-0.25, -0.2) is 4.98 Å². The molecule has 7 heteroatoms. The molecule has 0 aliphatic carbocycles. The smallest absolute Gasteiger partial charge is 0.248 e. The lowest BCUT2D eigenvalue weighted by Gasteiger charge is -2.08. The van der Waals surface area contributed by atoms with E-state index < -0.39 is 0 Å². The Balaban J connectivity index is 1.63. The minimum atomic E-state index is -0.244. The molecule has 3 rings (SSSR count). The number of carbonyl (C=O) groups excluding carboxylic acids is 1. The van der Waals surface area contributed by atoms with Crippen molar-refractivity contribution in [1.29, 1.82) is 5.26 Å². The molecule has 0 fully saturated rings. The summed E-state index contributed by atoms with van der Waals surface area (Å²) in [6.07, 6.45) is 3.13. The van der Waals surface area contributed by atoms with Gasteiger partial charge in [-0.3, -0.25) is 4.79 Å². The predicted molar refractivity (Wildman–Crippen MR) is 114 cm³/mol. The van der Waals surface area contributed by atoms with E-state index in [2.05, 4.69) is 10.3 Å². The number of benzene rings is 2. The molecule has 146 valence electrons. The highest BCUT2D eigenvalue weighted by molar-refractivity contribution is 7.09. The molecule has 1 heterocycles. The lowest BCUT2D eigenvalue weighted by atomic mass is 10.1. The van der Waals surface area contributed by atoms with E-state index in [1.54, 1.807) is 35.6 Å². The zero-order chi connectivity index (χ0) is 20.6. The first-order chi connectivity index (χ1) is 14.1. The molecule has 0 spiro atoms. The second-order valence-corrected chi connectivity index (χ2v) is 7.07. The Labute approximate surface area is 173 Å². The van der Waals surface area contributed by atoms with Gasteiger partial charge in [-0.1, -0.05) is 18.2 Å². The normalized spacial score (nSPS) is 10.5. The van der Waals surface area contributed by atoms with Crippen LogP contribution in [0.4, 0.5) is 5.69 Å². The highest BCUT2D eigenvalue weighted by Gasteiger charge is 2.06. The Hall–Kier alpha value is -3.63. The van der Waals surface area contributed by atoms with Crippen molar-refractivity contribution in [3.05, 3.63) is 64.5 Å². The molecule has 0 saturated carbocycles. The van der Waals surface area contributed by atoms with Crippen molar-refractivity contribution in [2.45, 2.75) is 6.92 Å². The lowest BCUT2D eigenvalue weighted by molar-refractivity contribution is -0.111. The van der Waals surface area contributed by atoms with Crippen LogP contribution in [0.15, 0.2) is 53.9 Å². The Morgan fingerprint density at radius 2 is 2.03 bits per heavy atom. The molecule has 6 nitrogen and oxygen atoms in total. The minimum absolute atomic E-state index is 0.0607. The summed E-state index contributed by atoms with van der Waals surface area (Å²) in [5.74, 6) is 0.729. The van der Waals surface area contributed by atoms with Gasteiger partial charge in [-0.15, -0.1) is 11.3 Å². The highest BCUT2D eigenvalue weighted by Crippen LogP contribution is 2.28. The number of aromatic nitrogens is 1. The van der Waals surface area contributed by atoms with Crippen LogP contribution in [-0.2, 0) is 4.79 Å². The third-order valence-corrected chi connectivity index (χ3v) is 4.75. The SMILES string of the molecule is COc1cc(/C=C/C(=O)Nc2ccc(-c3csc(C)n3)cc2)ccc1OCC#N. The number of nitrogens with one attached hydrogen (secondary N) is 1. The third kappa shape index (κ3) is 5.43. The Kier molecular flexibility index (Phi) is 6.61. The molecule has 0 bridgehead atoms. The van der Waals surface area contributed by atoms with Gasteiger partial charge in [0.1, 0.15) is 6.07 Å². The number of nitriles is 1. The van der Waals surface area contributed by atoms with Crippen LogP contribution < -0.4 is 14.8 Å². The minimum Gasteiger partial charge on any atom is -0.493 e. The van der Waals surface area contributed by atoms with Crippen molar-refractivity contribution in [2.75, 3.05) is 19.0 Å². The van der Waals surface area contributed by atoms with Crippen molar-refractivity contribution >= 4 is 29.0 Å². The third-order valence-electron chi connectivity index (χ3n) is 3.97. The maximum absolute atomic E-state index is 12.2. The quantitative estimate of drug-likeness (QED) is 0.577. The lowest BCUT2D eigenvalue weighted by Crippen LogP contribution is -2.07. The molecule has 2 aromatic carbocycles. The zero-order valence-electron chi connectivity index (χ0n) is 16.0. The monoisotopic (exact) mass is 405 g/mol. The van der Waals surface area contributed by atoms with E-state index in [1.165, 1.54) is 13.2 Å². The fraction of sp³-hybridized carbons (Fsp3) is 0.136. The topological polar surface area (TPSA) is 84.2 Å². The van der Waals surface area contributed by atoms with Gasteiger partial charge in [0, 0.05) is 22.7 Å². The number of ether oxygens (including phenoxy) is 2. The number of anilines is 1. The summed E-state index contributed by atoms with van der Waals surface area (Å²) in [5.41, 5.74) is 3.42. The molecule has 0 atom stereocenters. The summed E-state index contributed by atoms with van der Waals surface area (Å²) in [4.78, 5) is 16.7. The van der Waals surface area contributed by atoms with Crippen LogP contribution in [0.1, 0.15) is 10.6 Å². The summed E-state index contributed by atoms with van der Waals surface area (Å²) >= 11 is 1.60. The molecular formula is C22H19N3O3S. The van der Waals surface area contributed by atoms with Crippen molar-refractivity contribution in [3.63, 3.8) is 0 Å². The Bertz CT molecular complexity index is 1070. The first kappa shape index (κ1) is 20.1. The first-order valence-electron chi connectivity index (χ1n) is 8.78. The molecule has 1 N–H and O–H groups in total. The molecule has 0 aliphatic rings. The number of carbonyl (C=O) groups is 1. The molecule has 1 aromatic heterocycles. The fourth-order valence-corrected chi connectivity index (χ4v) is 3.22. The van der Waals surface area contributed by atoms with Crippen molar-refractivity contribution in [1.82, 2.24) is 4.98 Å². The average molecular weight is 405 g/mol. The van der Waals surface area contributed by atoms with Gasteiger partial charge in [0.25, 0.3) is 0 Å². The number of amides is 1. The average Bonchev–Trinajstić information content (AvgIpc) is 3.17. The Morgan fingerprint density at radius 1 is 1.24 bits per heavy atom. The van der Waals surface area contributed by atoms with Crippen LogP contribution in [0, 0.1) is 18.3 Å². The first-order valence-corrected chi connectivity index (χ1v) is 9.66. The molecule has 0 saturated heterocycles. The van der Waals surface area contributed by atoms with E-state index >= 15 is 0 Å². The summed E-state index contributed by atoms with van der Waals surface area (Å²) in [7, 11) is 1.52. The van der Waals surface area contributed by atoms with Gasteiger partial charge in [0.05, 0.1) is 17.8 Å². The molecule has 0 unspecified atom stereocenters. The van der Waals surface area contributed by atoms with Crippen molar-refractivity contribution in [3.8, 4) is 28.8 Å². The van der Waals surface area contributed by atoms with Crippen LogP contribution in [0.2, 0.25) is 0 Å². The molecule has 0 radical (unpaired) electrons. The maximum atomic E-state index is 12.2. The zero-order valence-corrected chi connectivity index (χ0v) is 16.8. The van der Waals surface area contributed by atoms with Crippen LogP contribution in [-0.4, -0.2) is 24.6 Å². The van der Waals surface area contributed by atoms with Crippen molar-refractivity contribution in [2.24, 2.45) is 0 Å². The number of thiazole rings is 1. The van der Waals surface area contributed by atoms with E-state index in [1.807, 2.05) is 42.6 Å². The van der Waals surface area contributed by atoms with E-state index in [0.29, 0.717) is 17.2 Å². The number of nitrogens with zero attached hydrogens (tertiary/aromatic N) is 2. The molecule has 1 amide bonds. The number of hydrogen-bond donors (Lipinski definition) is 1. The van der Waals surface area contributed by atoms with E-state index in [-0.39, 0.29) is 12.5 Å². The van der Waals surface area contributed by atoms with Gasteiger partial charge < -0.3 is 14.8 Å². The largest absolute Gasteiger partial charge is 0.493 e. The van der Waals surface area contributed by atoms with Gasteiger partial charge in [0.15, 0.2) is 18.1 Å². The Morgan fingerprint density at radius 3 is 2.69 bits per heavy atom. The molecule has 3 aromatic rings. The van der Waals surface area contributed by atoms with E-state index in [9.17, 15) is 4.79 Å². The number of hydrogen-bond acceptors (Lipinski definition) is 6. The molecule has 29 heavy (non-hydrogen) atoms. The summed E-state index contributed by atoms with van der Waals surface area (Å²) in [6.45, 7) is 1.91. The standard InChI is InChI=1S/C22H19N3O3S/c1-15-24-19(14-29-15)17-5-7-18(8-6-17)25-22(26)10-4-16-3-9-20(28-12-11-23)21(13-16)27-2/h3-10,13-14H,12H2,1-2H3,(H,25,26)/b10-4+. The molecule has 0 aliphatic heterocycles. The predicted octanol–water partition coefficient (Wildman–Crippen LogP) is 4.68. The van der Waals surface area contributed by atoms with Crippen molar-refractivity contribution < 1.29 is 14.3 Å². The van der Waals surface area contributed by atoms with Gasteiger partial charge >= 0.3 is 0 Å². The second-order valence-electron chi connectivity index (χ2n) is 6.01. The number of aryl methyl sites for hydroxylation is 1. The van der Waals surface area contributed by atoms with E-state index in [4.69, 9.17) is 14.7 Å². The van der Waals surface area contributed by atoms with Gasteiger partial charge in [0.2, 0.25) is 5.91 Å².